The molecule has 0 aliphatic heterocycles. The minimum absolute atomic E-state index is 0.659. The van der Waals surface area contributed by atoms with Gasteiger partial charge in [-0.2, -0.15) is 5.26 Å². The maximum absolute atomic E-state index is 10.0. The topological polar surface area (TPSA) is 41.6 Å². The average Bonchev–Trinajstić information content (AvgIpc) is 3.34. The van der Waals surface area contributed by atoms with Crippen LogP contribution >= 0.6 is 0 Å². The van der Waals surface area contributed by atoms with Crippen molar-refractivity contribution >= 4 is 21.8 Å². The number of aryl methyl sites for hydroxylation is 3. The van der Waals surface area contributed by atoms with Crippen molar-refractivity contribution < 1.29 is 0 Å². The summed E-state index contributed by atoms with van der Waals surface area (Å²) < 4.78 is 2.36. The molecule has 0 radical (unpaired) electrons. The maximum Gasteiger partial charge on any atom is 0.0998 e. The lowest BCUT2D eigenvalue weighted by Crippen LogP contribution is -2.00. The van der Waals surface area contributed by atoms with Crippen molar-refractivity contribution in [1.29, 1.82) is 5.26 Å². The monoisotopic (exact) mass is 539 g/mol. The van der Waals surface area contributed by atoms with E-state index in [2.05, 4.69) is 127 Å². The van der Waals surface area contributed by atoms with Crippen molar-refractivity contribution in [3.63, 3.8) is 0 Å². The van der Waals surface area contributed by atoms with Gasteiger partial charge >= 0.3 is 0 Å². The van der Waals surface area contributed by atoms with E-state index in [4.69, 9.17) is 0 Å². The Labute approximate surface area is 246 Å². The van der Waals surface area contributed by atoms with E-state index in [9.17, 15) is 5.26 Å². The Kier molecular flexibility index (Phi) is 6.18. The van der Waals surface area contributed by atoms with Gasteiger partial charge in [0.15, 0.2) is 0 Å². The highest BCUT2D eigenvalue weighted by Crippen LogP contribution is 2.40. The predicted octanol–water partition coefficient (Wildman–Crippen LogP) is 9.98. The molecule has 0 amide bonds. The van der Waals surface area contributed by atoms with Crippen molar-refractivity contribution in [3.05, 3.63) is 144 Å². The van der Waals surface area contributed by atoms with E-state index in [1.807, 2.05) is 18.2 Å². The summed E-state index contributed by atoms with van der Waals surface area (Å²) in [5, 5.41) is 12.4. The first-order chi connectivity index (χ1) is 20.5. The molecule has 0 aliphatic rings. The lowest BCUT2D eigenvalue weighted by Gasteiger charge is -2.15. The van der Waals surface area contributed by atoms with Gasteiger partial charge in [0.25, 0.3) is 0 Å². The van der Waals surface area contributed by atoms with Crippen molar-refractivity contribution in [2.75, 3.05) is 0 Å². The van der Waals surface area contributed by atoms with Gasteiger partial charge in [0.1, 0.15) is 0 Å². The highest BCUT2D eigenvalue weighted by molar-refractivity contribution is 6.12. The number of pyridine rings is 1. The summed E-state index contributed by atoms with van der Waals surface area (Å²) >= 11 is 0. The van der Waals surface area contributed by atoms with Crippen LogP contribution in [0.3, 0.4) is 0 Å². The largest absolute Gasteiger partial charge is 0.309 e. The number of aromatic nitrogens is 2. The molecule has 0 N–H and O–H groups in total. The first-order valence-corrected chi connectivity index (χ1v) is 14.2. The van der Waals surface area contributed by atoms with Crippen LogP contribution in [0, 0.1) is 32.1 Å². The van der Waals surface area contributed by atoms with Crippen LogP contribution in [-0.2, 0) is 0 Å². The van der Waals surface area contributed by atoms with Crippen molar-refractivity contribution in [2.24, 2.45) is 0 Å². The summed E-state index contributed by atoms with van der Waals surface area (Å²) in [5.41, 5.74) is 14.3. The molecule has 3 nitrogen and oxygen atoms in total. The lowest BCUT2D eigenvalue weighted by atomic mass is 9.97. The molecule has 3 heteroatoms. The highest BCUT2D eigenvalue weighted by Gasteiger charge is 2.18. The molecule has 0 bridgehead atoms. The number of hydrogen-bond acceptors (Lipinski definition) is 2. The second kappa shape index (κ2) is 10.2. The molecule has 0 unspecified atom stereocenters. The first kappa shape index (κ1) is 25.5. The molecule has 0 spiro atoms. The zero-order valence-corrected chi connectivity index (χ0v) is 23.9. The molecule has 5 aromatic carbocycles. The Hall–Kier alpha value is -5.46. The summed E-state index contributed by atoms with van der Waals surface area (Å²) in [6.07, 6.45) is 3.55. The number of fused-ring (bicyclic) bond motifs is 3. The van der Waals surface area contributed by atoms with Crippen LogP contribution in [0.2, 0.25) is 0 Å². The van der Waals surface area contributed by atoms with Crippen LogP contribution in [0.5, 0.6) is 0 Å². The predicted molar refractivity (Wildman–Crippen MR) is 174 cm³/mol. The molecule has 0 saturated heterocycles. The number of rotatable bonds is 4. The molecule has 42 heavy (non-hydrogen) atoms. The van der Waals surface area contributed by atoms with Gasteiger partial charge in [-0.25, -0.2) is 0 Å². The Morgan fingerprint density at radius 3 is 1.62 bits per heavy atom. The van der Waals surface area contributed by atoms with Crippen molar-refractivity contribution in [3.8, 4) is 45.1 Å². The fourth-order valence-electron chi connectivity index (χ4n) is 6.21. The van der Waals surface area contributed by atoms with E-state index in [0.717, 1.165) is 33.4 Å². The van der Waals surface area contributed by atoms with E-state index < -0.39 is 0 Å². The molecule has 2 aromatic heterocycles. The fourth-order valence-corrected chi connectivity index (χ4v) is 6.21. The number of nitriles is 1. The normalized spacial score (nSPS) is 11.2. The molecule has 200 valence electrons. The van der Waals surface area contributed by atoms with E-state index in [1.54, 1.807) is 12.4 Å². The Morgan fingerprint density at radius 1 is 0.548 bits per heavy atom. The Morgan fingerprint density at radius 2 is 1.10 bits per heavy atom. The lowest BCUT2D eigenvalue weighted by molar-refractivity contribution is 1.15. The molecule has 2 heterocycles. The molecule has 0 fully saturated rings. The third-order valence-corrected chi connectivity index (χ3v) is 8.37. The van der Waals surface area contributed by atoms with Gasteiger partial charge < -0.3 is 4.57 Å². The second-order valence-corrected chi connectivity index (χ2v) is 11.0. The van der Waals surface area contributed by atoms with Crippen LogP contribution < -0.4 is 0 Å². The smallest absolute Gasteiger partial charge is 0.0998 e. The van der Waals surface area contributed by atoms with Gasteiger partial charge in [-0.3, -0.25) is 4.98 Å². The third-order valence-electron chi connectivity index (χ3n) is 8.37. The standard InChI is InChI=1S/C39H29N3/c1-25-8-4-6-10-32(25)29-12-14-37-35(21-29)36-22-30(33-11-7-5-9-26(33)2)13-15-38(36)42(37)39-23-34(28-16-18-41-19-17-28)31(24-40)20-27(39)3/h4-23H,1-3H3. The number of hydrogen-bond donors (Lipinski definition) is 0. The maximum atomic E-state index is 10.0. The Balaban J connectivity index is 1.55. The van der Waals surface area contributed by atoms with Crippen LogP contribution in [0.1, 0.15) is 22.3 Å². The van der Waals surface area contributed by atoms with Gasteiger partial charge in [0.2, 0.25) is 0 Å². The zero-order valence-electron chi connectivity index (χ0n) is 23.9. The first-order valence-electron chi connectivity index (χ1n) is 14.2. The number of benzene rings is 5. The highest BCUT2D eigenvalue weighted by atomic mass is 15.0. The van der Waals surface area contributed by atoms with Gasteiger partial charge in [-0.1, -0.05) is 60.7 Å². The van der Waals surface area contributed by atoms with Gasteiger partial charge in [0, 0.05) is 34.4 Å². The second-order valence-electron chi connectivity index (χ2n) is 11.0. The van der Waals surface area contributed by atoms with Crippen LogP contribution in [0.15, 0.2) is 122 Å². The Bertz CT molecular complexity index is 2080. The molecule has 0 saturated carbocycles. The van der Waals surface area contributed by atoms with E-state index in [1.165, 1.54) is 44.2 Å². The molecular weight excluding hydrogens is 510 g/mol. The average molecular weight is 540 g/mol. The van der Waals surface area contributed by atoms with Gasteiger partial charge in [-0.05, 0) is 114 Å². The number of nitrogens with zero attached hydrogens (tertiary/aromatic N) is 3. The van der Waals surface area contributed by atoms with Gasteiger partial charge in [-0.15, -0.1) is 0 Å². The summed E-state index contributed by atoms with van der Waals surface area (Å²) in [4.78, 5) is 4.19. The minimum Gasteiger partial charge on any atom is -0.309 e. The molecule has 7 aromatic rings. The van der Waals surface area contributed by atoms with E-state index >= 15 is 0 Å². The fraction of sp³-hybridized carbons (Fsp3) is 0.0769. The van der Waals surface area contributed by atoms with Crippen molar-refractivity contribution in [1.82, 2.24) is 9.55 Å². The van der Waals surface area contributed by atoms with Crippen LogP contribution in [0.25, 0.3) is 60.9 Å². The molecular formula is C39H29N3. The SMILES string of the molecule is Cc1ccccc1-c1ccc2c(c1)c1cc(-c3ccccc3C)ccc1n2-c1cc(-c2ccncc2)c(C#N)cc1C. The van der Waals surface area contributed by atoms with E-state index in [-0.39, 0.29) is 0 Å². The van der Waals surface area contributed by atoms with Crippen LogP contribution in [-0.4, -0.2) is 9.55 Å². The summed E-state index contributed by atoms with van der Waals surface area (Å²) in [6.45, 7) is 6.42. The quantitative estimate of drug-likeness (QED) is 0.223. The van der Waals surface area contributed by atoms with Crippen LogP contribution in [0.4, 0.5) is 0 Å². The minimum atomic E-state index is 0.659. The summed E-state index contributed by atoms with van der Waals surface area (Å²) in [5.74, 6) is 0. The third kappa shape index (κ3) is 4.17. The zero-order chi connectivity index (χ0) is 28.8. The molecule has 7 rings (SSSR count). The van der Waals surface area contributed by atoms with Crippen molar-refractivity contribution in [2.45, 2.75) is 20.8 Å². The van der Waals surface area contributed by atoms with E-state index in [0.29, 0.717) is 5.56 Å². The summed E-state index contributed by atoms with van der Waals surface area (Å²) in [6, 6.07) is 41.2. The molecule has 0 aliphatic carbocycles. The molecule has 0 atom stereocenters. The summed E-state index contributed by atoms with van der Waals surface area (Å²) in [7, 11) is 0. The van der Waals surface area contributed by atoms with Gasteiger partial charge in [0.05, 0.1) is 22.7 Å².